The highest BCUT2D eigenvalue weighted by Crippen LogP contribution is 2.35. The molecule has 2 aromatic heterocycles. The lowest BCUT2D eigenvalue weighted by molar-refractivity contribution is 0.301. The van der Waals surface area contributed by atoms with Crippen LogP contribution in [-0.4, -0.2) is 16.2 Å². The lowest BCUT2D eigenvalue weighted by Gasteiger charge is -2.08. The Balaban J connectivity index is 1.54. The minimum Gasteiger partial charge on any atom is -0.494 e. The van der Waals surface area contributed by atoms with E-state index in [1.807, 2.05) is 49.4 Å². The topological polar surface area (TPSA) is 44.1 Å². The van der Waals surface area contributed by atoms with Crippen molar-refractivity contribution in [3.05, 3.63) is 81.2 Å². The fourth-order valence-electron chi connectivity index (χ4n) is 3.20. The third-order valence-corrected chi connectivity index (χ3v) is 5.81. The van der Waals surface area contributed by atoms with Gasteiger partial charge in [0.2, 0.25) is 0 Å². The van der Waals surface area contributed by atoms with Gasteiger partial charge < -0.3 is 4.74 Å². The monoisotopic (exact) mass is 410 g/mol. The van der Waals surface area contributed by atoms with Gasteiger partial charge in [-0.15, -0.1) is 11.3 Å². The second-order valence-electron chi connectivity index (χ2n) is 6.48. The smallest absolute Gasteiger partial charge is 0.262 e. The van der Waals surface area contributed by atoms with E-state index in [4.69, 9.17) is 16.3 Å². The van der Waals surface area contributed by atoms with E-state index < -0.39 is 0 Å². The van der Waals surface area contributed by atoms with E-state index in [1.165, 1.54) is 0 Å². The molecule has 0 aliphatic rings. The minimum atomic E-state index is -0.000281. The SMILES string of the molecule is Cc1sc2ncn(CCCOc3ccc(Cl)cc3)c(=O)c2c1-c1ccccc1. The first kappa shape index (κ1) is 18.7. The Morgan fingerprint density at radius 2 is 1.86 bits per heavy atom. The number of fused-ring (bicyclic) bond motifs is 1. The van der Waals surface area contributed by atoms with E-state index in [2.05, 4.69) is 4.98 Å². The Morgan fingerprint density at radius 3 is 2.61 bits per heavy atom. The number of nitrogens with zero attached hydrogens (tertiary/aromatic N) is 2. The van der Waals surface area contributed by atoms with Gasteiger partial charge in [0.25, 0.3) is 5.56 Å². The molecule has 0 aliphatic heterocycles. The van der Waals surface area contributed by atoms with E-state index in [0.717, 1.165) is 26.6 Å². The normalized spacial score (nSPS) is 11.1. The zero-order valence-electron chi connectivity index (χ0n) is 15.4. The van der Waals surface area contributed by atoms with Crippen molar-refractivity contribution in [2.24, 2.45) is 0 Å². The van der Waals surface area contributed by atoms with E-state index in [-0.39, 0.29) is 5.56 Å². The third kappa shape index (κ3) is 3.81. The molecule has 4 nitrogen and oxygen atoms in total. The fourth-order valence-corrected chi connectivity index (χ4v) is 4.33. The molecule has 0 spiro atoms. The van der Waals surface area contributed by atoms with Crippen molar-refractivity contribution in [3.63, 3.8) is 0 Å². The van der Waals surface area contributed by atoms with E-state index in [1.54, 1.807) is 34.4 Å². The lowest BCUT2D eigenvalue weighted by atomic mass is 10.0. The maximum Gasteiger partial charge on any atom is 0.262 e. The molecule has 0 bridgehead atoms. The van der Waals surface area contributed by atoms with Crippen molar-refractivity contribution >= 4 is 33.2 Å². The first-order chi connectivity index (χ1) is 13.6. The van der Waals surface area contributed by atoms with Crippen LogP contribution in [0.1, 0.15) is 11.3 Å². The summed E-state index contributed by atoms with van der Waals surface area (Å²) in [6, 6.07) is 17.3. The van der Waals surface area contributed by atoms with Gasteiger partial charge in [-0.1, -0.05) is 41.9 Å². The summed E-state index contributed by atoms with van der Waals surface area (Å²) in [5.74, 6) is 0.769. The third-order valence-electron chi connectivity index (χ3n) is 4.54. The average Bonchev–Trinajstić information content (AvgIpc) is 3.05. The minimum absolute atomic E-state index is 0.000281. The van der Waals surface area contributed by atoms with Crippen LogP contribution >= 0.6 is 22.9 Å². The summed E-state index contributed by atoms with van der Waals surface area (Å²) in [5.41, 5.74) is 2.04. The van der Waals surface area contributed by atoms with Crippen molar-refractivity contribution in [3.8, 4) is 16.9 Å². The van der Waals surface area contributed by atoms with Gasteiger partial charge in [-0.2, -0.15) is 0 Å². The van der Waals surface area contributed by atoms with Crippen LogP contribution in [0.5, 0.6) is 5.75 Å². The highest BCUT2D eigenvalue weighted by molar-refractivity contribution is 7.19. The summed E-state index contributed by atoms with van der Waals surface area (Å²) in [5, 5.41) is 1.38. The molecule has 2 heterocycles. The quantitative estimate of drug-likeness (QED) is 0.391. The maximum atomic E-state index is 13.1. The summed E-state index contributed by atoms with van der Waals surface area (Å²) < 4.78 is 7.39. The van der Waals surface area contributed by atoms with Crippen molar-refractivity contribution in [2.45, 2.75) is 19.9 Å². The summed E-state index contributed by atoms with van der Waals surface area (Å²) in [7, 11) is 0. The second kappa shape index (κ2) is 8.17. The first-order valence-electron chi connectivity index (χ1n) is 9.06. The lowest BCUT2D eigenvalue weighted by Crippen LogP contribution is -2.21. The number of hydrogen-bond acceptors (Lipinski definition) is 4. The number of hydrogen-bond donors (Lipinski definition) is 0. The molecule has 0 atom stereocenters. The number of aryl methyl sites for hydroxylation is 2. The molecule has 0 radical (unpaired) electrons. The molecular formula is C22H19ClN2O2S. The van der Waals surface area contributed by atoms with Crippen LogP contribution in [0.15, 0.2) is 65.7 Å². The number of thiophene rings is 1. The Kier molecular flexibility index (Phi) is 5.46. The number of benzene rings is 2. The molecule has 2 aromatic carbocycles. The Bertz CT molecular complexity index is 1150. The van der Waals surface area contributed by atoms with Gasteiger partial charge in [-0.25, -0.2) is 4.98 Å². The maximum absolute atomic E-state index is 13.1. The predicted molar refractivity (Wildman–Crippen MR) is 116 cm³/mol. The van der Waals surface area contributed by atoms with Crippen LogP contribution in [0.2, 0.25) is 5.02 Å². The number of aromatic nitrogens is 2. The largest absolute Gasteiger partial charge is 0.494 e. The van der Waals surface area contributed by atoms with Gasteiger partial charge in [0.1, 0.15) is 10.6 Å². The Labute approximate surface area is 172 Å². The predicted octanol–water partition coefficient (Wildman–Crippen LogP) is 5.56. The van der Waals surface area contributed by atoms with Crippen molar-refractivity contribution in [1.82, 2.24) is 9.55 Å². The number of ether oxygens (including phenoxy) is 1. The molecule has 0 fully saturated rings. The molecule has 28 heavy (non-hydrogen) atoms. The zero-order chi connectivity index (χ0) is 19.5. The van der Waals surface area contributed by atoms with Crippen molar-refractivity contribution < 1.29 is 4.74 Å². The van der Waals surface area contributed by atoms with Gasteiger partial charge >= 0.3 is 0 Å². The molecule has 142 valence electrons. The highest BCUT2D eigenvalue weighted by atomic mass is 35.5. The first-order valence-corrected chi connectivity index (χ1v) is 10.3. The van der Waals surface area contributed by atoms with Crippen LogP contribution in [0.3, 0.4) is 0 Å². The number of rotatable bonds is 6. The number of halogens is 1. The van der Waals surface area contributed by atoms with E-state index >= 15 is 0 Å². The van der Waals surface area contributed by atoms with Crippen molar-refractivity contribution in [2.75, 3.05) is 6.61 Å². The molecule has 0 saturated carbocycles. The highest BCUT2D eigenvalue weighted by Gasteiger charge is 2.16. The van der Waals surface area contributed by atoms with E-state index in [0.29, 0.717) is 30.0 Å². The van der Waals surface area contributed by atoms with Crippen LogP contribution in [0.4, 0.5) is 0 Å². The molecule has 0 saturated heterocycles. The molecule has 4 aromatic rings. The van der Waals surface area contributed by atoms with Crippen LogP contribution in [0.25, 0.3) is 21.3 Å². The molecule has 6 heteroatoms. The molecule has 4 rings (SSSR count). The zero-order valence-corrected chi connectivity index (χ0v) is 17.0. The molecule has 0 aliphatic carbocycles. The standard InChI is InChI=1S/C22H19ClN2O2S/c1-15-19(16-6-3-2-4-7-16)20-21(28-15)24-14-25(22(20)26)12-5-13-27-18-10-8-17(23)9-11-18/h2-4,6-11,14H,5,12-13H2,1H3. The molecule has 0 unspecified atom stereocenters. The van der Waals surface area contributed by atoms with Crippen LogP contribution in [0, 0.1) is 6.92 Å². The van der Waals surface area contributed by atoms with Crippen LogP contribution < -0.4 is 10.3 Å². The summed E-state index contributed by atoms with van der Waals surface area (Å²) in [6.07, 6.45) is 2.34. The van der Waals surface area contributed by atoms with Gasteiger partial charge in [-0.3, -0.25) is 9.36 Å². The summed E-state index contributed by atoms with van der Waals surface area (Å²) in [6.45, 7) is 3.11. The Morgan fingerprint density at radius 1 is 1.11 bits per heavy atom. The second-order valence-corrected chi connectivity index (χ2v) is 8.12. The van der Waals surface area contributed by atoms with Gasteiger partial charge in [0.05, 0.1) is 18.3 Å². The van der Waals surface area contributed by atoms with Crippen LogP contribution in [-0.2, 0) is 6.54 Å². The fraction of sp³-hybridized carbons (Fsp3) is 0.182. The summed E-state index contributed by atoms with van der Waals surface area (Å²) >= 11 is 7.44. The van der Waals surface area contributed by atoms with Crippen molar-refractivity contribution in [1.29, 1.82) is 0 Å². The van der Waals surface area contributed by atoms with Gasteiger partial charge in [0, 0.05) is 22.0 Å². The Hall–Kier alpha value is -2.63. The molecule has 0 amide bonds. The molecular weight excluding hydrogens is 392 g/mol. The average molecular weight is 411 g/mol. The van der Waals surface area contributed by atoms with E-state index in [9.17, 15) is 4.79 Å². The molecule has 0 N–H and O–H groups in total. The van der Waals surface area contributed by atoms with Gasteiger partial charge in [0.15, 0.2) is 0 Å². The summed E-state index contributed by atoms with van der Waals surface area (Å²) in [4.78, 5) is 19.5. The van der Waals surface area contributed by atoms with Gasteiger partial charge in [-0.05, 0) is 43.2 Å².